The second kappa shape index (κ2) is 8.96. The summed E-state index contributed by atoms with van der Waals surface area (Å²) in [5.74, 6) is -6.88. The quantitative estimate of drug-likeness (QED) is 0.242. The highest BCUT2D eigenvalue weighted by Gasteiger charge is 2.26. The molecule has 1 amide bonds. The van der Waals surface area contributed by atoms with Gasteiger partial charge in [-0.05, 0) is 24.6 Å². The van der Waals surface area contributed by atoms with Crippen LogP contribution < -0.4 is 5.32 Å². The number of non-ortho nitro benzene ring substituents is 1. The van der Waals surface area contributed by atoms with Crippen LogP contribution >= 0.6 is 11.3 Å². The van der Waals surface area contributed by atoms with Gasteiger partial charge < -0.3 is 10.1 Å². The molecule has 1 N–H and O–H groups in total. The molecule has 0 bridgehead atoms. The van der Waals surface area contributed by atoms with Crippen LogP contribution in [0.5, 0.6) is 0 Å². The van der Waals surface area contributed by atoms with Gasteiger partial charge in [-0.3, -0.25) is 14.9 Å². The van der Waals surface area contributed by atoms with Gasteiger partial charge in [-0.1, -0.05) is 12.1 Å². The van der Waals surface area contributed by atoms with Crippen LogP contribution in [0.15, 0.2) is 41.8 Å². The number of rotatable bonds is 6. The molecular formula is C20H13F3N2O5S. The minimum atomic E-state index is -1.80. The van der Waals surface area contributed by atoms with E-state index in [1.54, 1.807) is 6.92 Å². The number of benzene rings is 2. The standard InChI is InChI=1S/C20H13F3N2O5S/c1-2-30-20(27)15-13(10-4-3-5-11(8-10)25(28)29)9-31-19(15)24-18(26)12-6-7-14(21)17(23)16(12)22/h3-9H,2H2,1H3,(H,24,26). The average molecular weight is 450 g/mol. The number of amides is 1. The molecule has 1 heterocycles. The topological polar surface area (TPSA) is 98.5 Å². The van der Waals surface area contributed by atoms with Crippen LogP contribution in [0.1, 0.15) is 27.6 Å². The van der Waals surface area contributed by atoms with Crippen molar-refractivity contribution >= 4 is 33.9 Å². The summed E-state index contributed by atoms with van der Waals surface area (Å²) >= 11 is 0.883. The normalized spacial score (nSPS) is 10.6. The average Bonchev–Trinajstić information content (AvgIpc) is 3.15. The van der Waals surface area contributed by atoms with Crippen molar-refractivity contribution in [2.45, 2.75) is 6.92 Å². The van der Waals surface area contributed by atoms with Crippen LogP contribution in [-0.4, -0.2) is 23.4 Å². The van der Waals surface area contributed by atoms with Crippen LogP contribution in [-0.2, 0) is 4.74 Å². The number of nitro groups is 1. The lowest BCUT2D eigenvalue weighted by molar-refractivity contribution is -0.384. The molecule has 1 aromatic heterocycles. The van der Waals surface area contributed by atoms with Crippen LogP contribution in [0.2, 0.25) is 0 Å². The summed E-state index contributed by atoms with van der Waals surface area (Å²) in [5.41, 5.74) is -0.531. The lowest BCUT2D eigenvalue weighted by Gasteiger charge is -2.09. The number of anilines is 1. The zero-order chi connectivity index (χ0) is 22.7. The van der Waals surface area contributed by atoms with Crippen molar-refractivity contribution in [1.29, 1.82) is 0 Å². The summed E-state index contributed by atoms with van der Waals surface area (Å²) in [6.07, 6.45) is 0. The molecule has 3 aromatic rings. The molecule has 0 unspecified atom stereocenters. The third-order valence-corrected chi connectivity index (χ3v) is 5.04. The monoisotopic (exact) mass is 450 g/mol. The van der Waals surface area contributed by atoms with E-state index in [2.05, 4.69) is 5.32 Å². The number of carbonyl (C=O) groups excluding carboxylic acids is 2. The zero-order valence-electron chi connectivity index (χ0n) is 15.8. The van der Waals surface area contributed by atoms with Crippen LogP contribution in [0.4, 0.5) is 23.9 Å². The van der Waals surface area contributed by atoms with Gasteiger partial charge in [0.1, 0.15) is 10.6 Å². The van der Waals surface area contributed by atoms with E-state index in [-0.39, 0.29) is 28.4 Å². The maximum atomic E-state index is 14.0. The van der Waals surface area contributed by atoms with E-state index in [9.17, 15) is 32.9 Å². The Labute approximate surface area is 177 Å². The van der Waals surface area contributed by atoms with E-state index in [1.165, 1.54) is 29.6 Å². The van der Waals surface area contributed by atoms with Crippen LogP contribution in [0.25, 0.3) is 11.1 Å². The molecule has 0 saturated heterocycles. The fraction of sp³-hybridized carbons (Fsp3) is 0.100. The molecule has 0 saturated carbocycles. The van der Waals surface area contributed by atoms with Gasteiger partial charge >= 0.3 is 5.97 Å². The van der Waals surface area contributed by atoms with E-state index in [1.807, 2.05) is 0 Å². The number of nitrogens with zero attached hydrogens (tertiary/aromatic N) is 1. The minimum Gasteiger partial charge on any atom is -0.462 e. The largest absolute Gasteiger partial charge is 0.462 e. The third kappa shape index (κ3) is 4.40. The van der Waals surface area contributed by atoms with Crippen molar-refractivity contribution in [2.24, 2.45) is 0 Å². The molecule has 0 atom stereocenters. The van der Waals surface area contributed by atoms with Crippen LogP contribution in [0, 0.1) is 27.6 Å². The number of carbonyl (C=O) groups is 2. The number of hydrogen-bond donors (Lipinski definition) is 1. The Bertz CT molecular complexity index is 1200. The molecule has 0 aliphatic carbocycles. The number of nitrogens with one attached hydrogen (secondary N) is 1. The number of ether oxygens (including phenoxy) is 1. The molecule has 7 nitrogen and oxygen atoms in total. The number of hydrogen-bond acceptors (Lipinski definition) is 6. The highest BCUT2D eigenvalue weighted by atomic mass is 32.1. The lowest BCUT2D eigenvalue weighted by Crippen LogP contribution is -2.17. The molecule has 0 spiro atoms. The van der Waals surface area contributed by atoms with E-state index in [0.29, 0.717) is 11.6 Å². The molecular weight excluding hydrogens is 437 g/mol. The van der Waals surface area contributed by atoms with Crippen molar-refractivity contribution < 1.29 is 32.4 Å². The van der Waals surface area contributed by atoms with Crippen molar-refractivity contribution in [2.75, 3.05) is 11.9 Å². The predicted octanol–water partition coefficient (Wildman–Crippen LogP) is 5.17. The Hall–Kier alpha value is -3.73. The van der Waals surface area contributed by atoms with Gasteiger partial charge in [-0.2, -0.15) is 0 Å². The first-order valence-corrected chi connectivity index (χ1v) is 9.60. The van der Waals surface area contributed by atoms with E-state index in [0.717, 1.165) is 17.4 Å². The van der Waals surface area contributed by atoms with E-state index in [4.69, 9.17) is 4.74 Å². The summed E-state index contributed by atoms with van der Waals surface area (Å²) < 4.78 is 45.6. The summed E-state index contributed by atoms with van der Waals surface area (Å²) in [4.78, 5) is 35.4. The fourth-order valence-corrected chi connectivity index (χ4v) is 3.68. The SMILES string of the molecule is CCOC(=O)c1c(-c2cccc([N+](=O)[O-])c2)csc1NC(=O)c1ccc(F)c(F)c1F. The van der Waals surface area contributed by atoms with Gasteiger partial charge in [-0.25, -0.2) is 18.0 Å². The maximum absolute atomic E-state index is 14.0. The molecule has 11 heteroatoms. The van der Waals surface area contributed by atoms with Gasteiger partial charge in [0.15, 0.2) is 17.5 Å². The summed E-state index contributed by atoms with van der Waals surface area (Å²) in [7, 11) is 0. The summed E-state index contributed by atoms with van der Waals surface area (Å²) in [6.45, 7) is 1.57. The first kappa shape index (κ1) is 22.0. The molecule has 0 radical (unpaired) electrons. The Morgan fingerprint density at radius 2 is 1.90 bits per heavy atom. The first-order valence-electron chi connectivity index (χ1n) is 8.72. The molecule has 3 rings (SSSR count). The van der Waals surface area contributed by atoms with E-state index >= 15 is 0 Å². The van der Waals surface area contributed by atoms with Crippen molar-refractivity contribution in [3.63, 3.8) is 0 Å². The number of thiophene rings is 1. The molecule has 160 valence electrons. The summed E-state index contributed by atoms with van der Waals surface area (Å²) in [6, 6.07) is 6.83. The Morgan fingerprint density at radius 3 is 2.58 bits per heavy atom. The highest BCUT2D eigenvalue weighted by Crippen LogP contribution is 2.37. The fourth-order valence-electron chi connectivity index (χ4n) is 2.73. The second-order valence-corrected chi connectivity index (χ2v) is 6.94. The van der Waals surface area contributed by atoms with Gasteiger partial charge in [0.25, 0.3) is 11.6 Å². The first-order chi connectivity index (χ1) is 14.7. The predicted molar refractivity (Wildman–Crippen MR) is 107 cm³/mol. The van der Waals surface area contributed by atoms with Crippen LogP contribution in [0.3, 0.4) is 0 Å². The van der Waals surface area contributed by atoms with Gasteiger partial charge in [0, 0.05) is 23.1 Å². The Morgan fingerprint density at radius 1 is 1.16 bits per heavy atom. The molecule has 2 aromatic carbocycles. The maximum Gasteiger partial charge on any atom is 0.341 e. The second-order valence-electron chi connectivity index (χ2n) is 6.06. The molecule has 0 aliphatic heterocycles. The zero-order valence-corrected chi connectivity index (χ0v) is 16.6. The van der Waals surface area contributed by atoms with E-state index < -0.39 is 39.8 Å². The van der Waals surface area contributed by atoms with Gasteiger partial charge in [0.05, 0.1) is 17.1 Å². The molecule has 0 aliphatic rings. The lowest BCUT2D eigenvalue weighted by atomic mass is 10.0. The van der Waals surface area contributed by atoms with Gasteiger partial charge in [0.2, 0.25) is 0 Å². The minimum absolute atomic E-state index is 0.00818. The van der Waals surface area contributed by atoms with Gasteiger partial charge in [-0.15, -0.1) is 11.3 Å². The van der Waals surface area contributed by atoms with Crippen molar-refractivity contribution in [3.8, 4) is 11.1 Å². The van der Waals surface area contributed by atoms with Crippen molar-refractivity contribution in [3.05, 3.63) is 80.5 Å². The Kier molecular flexibility index (Phi) is 6.35. The number of esters is 1. The van der Waals surface area contributed by atoms with Crippen molar-refractivity contribution in [1.82, 2.24) is 0 Å². The summed E-state index contributed by atoms with van der Waals surface area (Å²) in [5, 5.41) is 14.8. The smallest absolute Gasteiger partial charge is 0.341 e. The molecule has 31 heavy (non-hydrogen) atoms. The third-order valence-electron chi connectivity index (χ3n) is 4.15. The molecule has 0 fully saturated rings. The Balaban J connectivity index is 2.04. The number of nitro benzene ring substituents is 1. The number of halogens is 3. The highest BCUT2D eigenvalue weighted by molar-refractivity contribution is 7.15.